The number of hydrogen-bond donors (Lipinski definition) is 2. The molecule has 5 aromatic rings. The van der Waals surface area contributed by atoms with E-state index in [1.807, 2.05) is 48.5 Å². The lowest BCUT2D eigenvalue weighted by Gasteiger charge is -2.14. The number of hydrogen-bond acceptors (Lipinski definition) is 4. The molecule has 5 aromatic carbocycles. The zero-order chi connectivity index (χ0) is 30.5. The number of carbonyl (C=O) groups excluding carboxylic acids is 1. The van der Waals surface area contributed by atoms with E-state index in [-0.39, 0.29) is 5.91 Å². The molecule has 5 heteroatoms. The van der Waals surface area contributed by atoms with E-state index in [0.717, 1.165) is 29.8 Å². The Labute approximate surface area is 258 Å². The first-order chi connectivity index (χ1) is 21.5. The van der Waals surface area contributed by atoms with Crippen LogP contribution in [-0.4, -0.2) is 20.1 Å². The average Bonchev–Trinajstić information content (AvgIpc) is 3.70. The average molecular weight is 579 g/mol. The molecular formula is C39H34N2O3. The Bertz CT molecular complexity index is 1900. The van der Waals surface area contributed by atoms with E-state index in [1.165, 1.54) is 39.0 Å². The lowest BCUT2D eigenvalue weighted by atomic mass is 10.0. The molecule has 1 amide bonds. The van der Waals surface area contributed by atoms with Crippen LogP contribution in [0.5, 0.6) is 11.5 Å². The van der Waals surface area contributed by atoms with E-state index >= 15 is 0 Å². The van der Waals surface area contributed by atoms with Gasteiger partial charge in [-0.25, -0.2) is 0 Å². The van der Waals surface area contributed by atoms with E-state index in [1.54, 1.807) is 32.4 Å². The van der Waals surface area contributed by atoms with Gasteiger partial charge in [-0.1, -0.05) is 97.1 Å². The molecule has 0 radical (unpaired) electrons. The van der Waals surface area contributed by atoms with Gasteiger partial charge in [0.1, 0.15) is 11.5 Å². The number of nitrogens with two attached hydrogens (primary N) is 1. The van der Waals surface area contributed by atoms with Gasteiger partial charge in [0.25, 0.3) is 5.91 Å². The summed E-state index contributed by atoms with van der Waals surface area (Å²) in [6.07, 6.45) is 6.27. The quantitative estimate of drug-likeness (QED) is 0.198. The van der Waals surface area contributed by atoms with Crippen LogP contribution in [0.3, 0.4) is 0 Å². The second-order valence-corrected chi connectivity index (χ2v) is 10.7. The van der Waals surface area contributed by atoms with Crippen molar-refractivity contribution in [3.63, 3.8) is 0 Å². The van der Waals surface area contributed by atoms with Crippen molar-refractivity contribution in [2.75, 3.05) is 25.3 Å². The van der Waals surface area contributed by atoms with Crippen molar-refractivity contribution in [1.82, 2.24) is 0 Å². The van der Waals surface area contributed by atoms with Gasteiger partial charge in [0, 0.05) is 28.6 Å². The van der Waals surface area contributed by atoms with Gasteiger partial charge < -0.3 is 20.5 Å². The summed E-state index contributed by atoms with van der Waals surface area (Å²) in [5.74, 6) is 0.896. The smallest absolute Gasteiger partial charge is 0.259 e. The Hall–Kier alpha value is -5.55. The van der Waals surface area contributed by atoms with Gasteiger partial charge in [-0.3, -0.25) is 4.79 Å². The lowest BCUT2D eigenvalue weighted by molar-refractivity contribution is 0.102. The van der Waals surface area contributed by atoms with Gasteiger partial charge in [-0.15, -0.1) is 0 Å². The first-order valence-corrected chi connectivity index (χ1v) is 14.6. The summed E-state index contributed by atoms with van der Waals surface area (Å²) in [5, 5.41) is 3.04. The molecule has 5 nitrogen and oxygen atoms in total. The molecule has 0 heterocycles. The molecular weight excluding hydrogens is 544 g/mol. The maximum atomic E-state index is 12.9. The standard InChI is InChI=1S/C24H21NO3.C15H13N/c1-27-19-11-12-21(23(15-19)28-2)24(26)25-22-10-6-5-9-20(22)18-13-16-7-3-4-8-17(16)14-18;16-15-8-4-3-7-14(15)13-9-11-5-1-2-6-12(11)10-13/h3-13,15H,14H2,1-2H3,(H,25,26);1-9H,10,16H2. The molecule has 3 N–H and O–H groups in total. The molecule has 0 spiro atoms. The minimum absolute atomic E-state index is 0.219. The first kappa shape index (κ1) is 28.6. The minimum Gasteiger partial charge on any atom is -0.497 e. The highest BCUT2D eigenvalue weighted by Gasteiger charge is 2.19. The van der Waals surface area contributed by atoms with Crippen LogP contribution >= 0.6 is 0 Å². The van der Waals surface area contributed by atoms with E-state index in [0.29, 0.717) is 17.1 Å². The Morgan fingerprint density at radius 1 is 0.659 bits per heavy atom. The molecule has 0 saturated heterocycles. The zero-order valence-electron chi connectivity index (χ0n) is 24.8. The highest BCUT2D eigenvalue weighted by Crippen LogP contribution is 2.36. The van der Waals surface area contributed by atoms with Crippen molar-refractivity contribution in [2.45, 2.75) is 12.8 Å². The van der Waals surface area contributed by atoms with E-state index in [9.17, 15) is 4.79 Å². The van der Waals surface area contributed by atoms with Crippen molar-refractivity contribution < 1.29 is 14.3 Å². The molecule has 2 aliphatic carbocycles. The number of amides is 1. The maximum absolute atomic E-state index is 12.9. The number of benzene rings is 5. The number of para-hydroxylation sites is 2. The maximum Gasteiger partial charge on any atom is 0.259 e. The molecule has 0 saturated carbocycles. The highest BCUT2D eigenvalue weighted by atomic mass is 16.5. The number of nitrogens with one attached hydrogen (secondary N) is 1. The van der Waals surface area contributed by atoms with Crippen LogP contribution in [0.4, 0.5) is 11.4 Å². The third-order valence-corrected chi connectivity index (χ3v) is 8.01. The fourth-order valence-corrected chi connectivity index (χ4v) is 5.74. The highest BCUT2D eigenvalue weighted by molar-refractivity contribution is 6.08. The van der Waals surface area contributed by atoms with Crippen molar-refractivity contribution in [1.29, 1.82) is 0 Å². The molecule has 0 bridgehead atoms. The van der Waals surface area contributed by atoms with Crippen LogP contribution in [0.1, 0.15) is 43.7 Å². The number of ether oxygens (including phenoxy) is 2. The number of rotatable bonds is 6. The normalized spacial score (nSPS) is 12.6. The van der Waals surface area contributed by atoms with E-state index in [4.69, 9.17) is 15.2 Å². The van der Waals surface area contributed by atoms with Gasteiger partial charge in [-0.05, 0) is 70.5 Å². The number of allylic oxidation sites excluding steroid dienone is 2. The molecule has 0 aromatic heterocycles. The molecule has 0 aliphatic heterocycles. The predicted molar refractivity (Wildman–Crippen MR) is 181 cm³/mol. The molecule has 218 valence electrons. The Morgan fingerprint density at radius 2 is 1.23 bits per heavy atom. The SMILES string of the molecule is COc1ccc(C(=O)Nc2ccccc2C2=Cc3ccccc3C2)c(OC)c1.Nc1ccccc1C1=Cc2ccccc2C1. The van der Waals surface area contributed by atoms with Gasteiger partial charge >= 0.3 is 0 Å². The fourth-order valence-electron chi connectivity index (χ4n) is 5.74. The Morgan fingerprint density at radius 3 is 1.84 bits per heavy atom. The fraction of sp³-hybridized carbons (Fsp3) is 0.103. The minimum atomic E-state index is -0.219. The summed E-state index contributed by atoms with van der Waals surface area (Å²) < 4.78 is 10.6. The zero-order valence-corrected chi connectivity index (χ0v) is 24.8. The van der Waals surface area contributed by atoms with Crippen LogP contribution in [0, 0.1) is 0 Å². The molecule has 44 heavy (non-hydrogen) atoms. The second kappa shape index (κ2) is 12.8. The van der Waals surface area contributed by atoms with Crippen molar-refractivity contribution in [3.8, 4) is 11.5 Å². The molecule has 0 atom stereocenters. The summed E-state index contributed by atoms with van der Waals surface area (Å²) >= 11 is 0. The predicted octanol–water partition coefficient (Wildman–Crippen LogP) is 8.42. The summed E-state index contributed by atoms with van der Waals surface area (Å²) in [5.41, 5.74) is 18.0. The van der Waals surface area contributed by atoms with Gasteiger partial charge in [0.05, 0.1) is 19.8 Å². The third kappa shape index (κ3) is 5.99. The topological polar surface area (TPSA) is 73.6 Å². The summed E-state index contributed by atoms with van der Waals surface area (Å²) in [4.78, 5) is 12.9. The Kier molecular flexibility index (Phi) is 8.28. The number of anilines is 2. The lowest BCUT2D eigenvalue weighted by Crippen LogP contribution is -2.14. The van der Waals surface area contributed by atoms with Crippen molar-refractivity contribution in [2.24, 2.45) is 0 Å². The number of fused-ring (bicyclic) bond motifs is 2. The van der Waals surface area contributed by atoms with E-state index in [2.05, 4.69) is 66.0 Å². The van der Waals surface area contributed by atoms with Crippen molar-refractivity contribution in [3.05, 3.63) is 154 Å². The van der Waals surface area contributed by atoms with E-state index < -0.39 is 0 Å². The van der Waals surface area contributed by atoms with Crippen LogP contribution in [-0.2, 0) is 12.8 Å². The first-order valence-electron chi connectivity index (χ1n) is 14.6. The van der Waals surface area contributed by atoms with Crippen LogP contribution in [0.25, 0.3) is 23.3 Å². The number of carbonyl (C=O) groups is 1. The summed E-state index contributed by atoms with van der Waals surface area (Å²) in [7, 11) is 3.12. The molecule has 0 fully saturated rings. The molecule has 7 rings (SSSR count). The molecule has 0 unspecified atom stereocenters. The summed E-state index contributed by atoms with van der Waals surface area (Å²) in [6, 6.07) is 38.0. The number of methoxy groups -OCH3 is 2. The van der Waals surface area contributed by atoms with Gasteiger partial charge in [0.15, 0.2) is 0 Å². The molecule has 2 aliphatic rings. The number of nitrogen functional groups attached to an aromatic ring is 1. The largest absolute Gasteiger partial charge is 0.497 e. The van der Waals surface area contributed by atoms with Gasteiger partial charge in [0.2, 0.25) is 0 Å². The monoisotopic (exact) mass is 578 g/mol. The summed E-state index contributed by atoms with van der Waals surface area (Å²) in [6.45, 7) is 0. The van der Waals surface area contributed by atoms with Gasteiger partial charge in [-0.2, -0.15) is 0 Å². The van der Waals surface area contributed by atoms with Crippen LogP contribution in [0.15, 0.2) is 115 Å². The van der Waals surface area contributed by atoms with Crippen LogP contribution in [0.2, 0.25) is 0 Å². The van der Waals surface area contributed by atoms with Crippen molar-refractivity contribution >= 4 is 40.6 Å². The second-order valence-electron chi connectivity index (χ2n) is 10.7. The third-order valence-electron chi connectivity index (χ3n) is 8.01. The Balaban J connectivity index is 0.000000181. The van der Waals surface area contributed by atoms with Crippen LogP contribution < -0.4 is 20.5 Å².